The third-order valence-electron chi connectivity index (χ3n) is 6.32. The molecule has 0 unspecified atom stereocenters. The van der Waals surface area contributed by atoms with E-state index in [1.165, 1.54) is 7.11 Å². The number of fused-ring (bicyclic) bond motifs is 1. The highest BCUT2D eigenvalue weighted by Crippen LogP contribution is 2.26. The summed E-state index contributed by atoms with van der Waals surface area (Å²) in [6.07, 6.45) is -0.305. The summed E-state index contributed by atoms with van der Waals surface area (Å²) in [5.41, 5.74) is 1.38. The van der Waals surface area contributed by atoms with Gasteiger partial charge < -0.3 is 34.6 Å². The molecule has 0 bridgehead atoms. The highest BCUT2D eigenvalue weighted by molar-refractivity contribution is 6.02. The lowest BCUT2D eigenvalue weighted by atomic mass is 10.0. The average Bonchev–Trinajstić information content (AvgIpc) is 2.88. The molecular formula is C27H36N4O6. The van der Waals surface area contributed by atoms with Crippen molar-refractivity contribution in [3.63, 3.8) is 0 Å². The molecule has 0 spiro atoms. The number of nitrogens with one attached hydrogen (secondary N) is 2. The van der Waals surface area contributed by atoms with Crippen LogP contribution in [0.4, 0.5) is 16.2 Å². The molecule has 0 radical (unpaired) electrons. The van der Waals surface area contributed by atoms with Crippen LogP contribution < -0.4 is 15.4 Å². The summed E-state index contributed by atoms with van der Waals surface area (Å²) in [6.45, 7) is 4.75. The lowest BCUT2D eigenvalue weighted by Crippen LogP contribution is -2.49. The van der Waals surface area contributed by atoms with Crippen molar-refractivity contribution in [2.45, 2.75) is 26.0 Å². The summed E-state index contributed by atoms with van der Waals surface area (Å²) in [5.74, 6) is -0.112. The molecule has 0 fully saturated rings. The molecule has 3 atom stereocenters. The molecule has 4 amide bonds. The number of methoxy groups -OCH3 is 2. The number of para-hydroxylation sites is 1. The van der Waals surface area contributed by atoms with E-state index in [4.69, 9.17) is 14.2 Å². The van der Waals surface area contributed by atoms with E-state index in [2.05, 4.69) is 10.6 Å². The molecule has 0 saturated carbocycles. The first-order valence-corrected chi connectivity index (χ1v) is 12.2. The molecule has 2 aromatic rings. The van der Waals surface area contributed by atoms with Crippen molar-refractivity contribution in [2.24, 2.45) is 5.92 Å². The first-order valence-electron chi connectivity index (χ1n) is 12.2. The van der Waals surface area contributed by atoms with Gasteiger partial charge in [-0.2, -0.15) is 0 Å². The smallest absolute Gasteiger partial charge is 0.323 e. The van der Waals surface area contributed by atoms with Crippen LogP contribution >= 0.6 is 0 Å². The third kappa shape index (κ3) is 7.43. The van der Waals surface area contributed by atoms with Gasteiger partial charge in [-0.1, -0.05) is 25.1 Å². The molecular weight excluding hydrogens is 476 g/mol. The van der Waals surface area contributed by atoms with Crippen molar-refractivity contribution in [2.75, 3.05) is 58.2 Å². The Morgan fingerprint density at radius 1 is 1.03 bits per heavy atom. The number of nitrogens with zero attached hydrogens (tertiary/aromatic N) is 2. The highest BCUT2D eigenvalue weighted by atomic mass is 16.5. The zero-order valence-corrected chi connectivity index (χ0v) is 22.0. The van der Waals surface area contributed by atoms with Crippen LogP contribution in [0.15, 0.2) is 48.5 Å². The third-order valence-corrected chi connectivity index (χ3v) is 6.32. The number of hydrogen-bond acceptors (Lipinski definition) is 6. The summed E-state index contributed by atoms with van der Waals surface area (Å²) in [7, 11) is 4.77. The molecule has 1 aliphatic rings. The normalized spacial score (nSPS) is 20.7. The van der Waals surface area contributed by atoms with Gasteiger partial charge in [0, 0.05) is 51.6 Å². The van der Waals surface area contributed by atoms with E-state index in [1.807, 2.05) is 32.0 Å². The van der Waals surface area contributed by atoms with Gasteiger partial charge in [0.15, 0.2) is 0 Å². The Labute approximate surface area is 217 Å². The van der Waals surface area contributed by atoms with Crippen molar-refractivity contribution in [3.05, 3.63) is 54.1 Å². The van der Waals surface area contributed by atoms with Gasteiger partial charge in [-0.05, 0) is 37.3 Å². The second-order valence-electron chi connectivity index (χ2n) is 9.23. The molecule has 200 valence electrons. The van der Waals surface area contributed by atoms with E-state index in [9.17, 15) is 14.4 Å². The number of ether oxygens (including phenoxy) is 3. The Morgan fingerprint density at radius 3 is 2.41 bits per heavy atom. The quantitative estimate of drug-likeness (QED) is 0.636. The Balaban J connectivity index is 1.88. The Bertz CT molecular complexity index is 1080. The Morgan fingerprint density at radius 2 is 1.73 bits per heavy atom. The molecule has 3 rings (SSSR count). The van der Waals surface area contributed by atoms with Crippen molar-refractivity contribution in [1.82, 2.24) is 9.80 Å². The minimum Gasteiger partial charge on any atom is -0.491 e. The number of amides is 4. The van der Waals surface area contributed by atoms with Gasteiger partial charge in [-0.15, -0.1) is 0 Å². The SMILES string of the molecule is COCC(=O)N1C[C@H](C)[C@H](OC)CN(C)C(=O)c2cc(NC(=O)Nc3ccccc3)ccc2OC[C@@H]1C. The van der Waals surface area contributed by atoms with Crippen LogP contribution in [0.3, 0.4) is 0 Å². The predicted molar refractivity (Wildman–Crippen MR) is 141 cm³/mol. The second-order valence-corrected chi connectivity index (χ2v) is 9.23. The number of urea groups is 1. The number of likely N-dealkylation sites (N-methyl/N-ethyl adjacent to an activating group) is 1. The number of rotatable bonds is 5. The van der Waals surface area contributed by atoms with Gasteiger partial charge in [0.25, 0.3) is 5.91 Å². The van der Waals surface area contributed by atoms with Crippen LogP contribution in [-0.4, -0.2) is 87.4 Å². The summed E-state index contributed by atoms with van der Waals surface area (Å²) in [4.78, 5) is 42.1. The minimum atomic E-state index is -0.435. The van der Waals surface area contributed by atoms with E-state index in [-0.39, 0.29) is 43.1 Å². The fourth-order valence-electron chi connectivity index (χ4n) is 4.22. The zero-order valence-electron chi connectivity index (χ0n) is 22.0. The largest absolute Gasteiger partial charge is 0.491 e. The lowest BCUT2D eigenvalue weighted by Gasteiger charge is -2.36. The van der Waals surface area contributed by atoms with Gasteiger partial charge >= 0.3 is 6.03 Å². The van der Waals surface area contributed by atoms with Gasteiger partial charge in [-0.3, -0.25) is 9.59 Å². The number of carbonyl (C=O) groups is 3. The average molecular weight is 513 g/mol. The molecule has 0 saturated heterocycles. The van der Waals surface area contributed by atoms with Crippen LogP contribution in [0.25, 0.3) is 0 Å². The van der Waals surface area contributed by atoms with Crippen LogP contribution in [-0.2, 0) is 14.3 Å². The zero-order chi connectivity index (χ0) is 26.9. The fourth-order valence-corrected chi connectivity index (χ4v) is 4.22. The van der Waals surface area contributed by atoms with Gasteiger partial charge in [-0.25, -0.2) is 4.79 Å². The van der Waals surface area contributed by atoms with Crippen LogP contribution in [0.1, 0.15) is 24.2 Å². The monoisotopic (exact) mass is 512 g/mol. The topological polar surface area (TPSA) is 109 Å². The highest BCUT2D eigenvalue weighted by Gasteiger charge is 2.30. The maximum atomic E-state index is 13.5. The van der Waals surface area contributed by atoms with Gasteiger partial charge in [0.2, 0.25) is 5.91 Å². The van der Waals surface area contributed by atoms with Crippen molar-refractivity contribution in [1.29, 1.82) is 0 Å². The molecule has 1 aliphatic heterocycles. The minimum absolute atomic E-state index is 0.0379. The van der Waals surface area contributed by atoms with E-state index in [0.717, 1.165) is 0 Å². The van der Waals surface area contributed by atoms with E-state index < -0.39 is 6.03 Å². The van der Waals surface area contributed by atoms with Crippen molar-refractivity contribution in [3.8, 4) is 5.75 Å². The summed E-state index contributed by atoms with van der Waals surface area (Å²) >= 11 is 0. The van der Waals surface area contributed by atoms with Crippen LogP contribution in [0.5, 0.6) is 5.75 Å². The first kappa shape index (κ1) is 27.9. The summed E-state index contributed by atoms with van der Waals surface area (Å²) in [6, 6.07) is 13.2. The van der Waals surface area contributed by atoms with Crippen LogP contribution in [0.2, 0.25) is 0 Å². The van der Waals surface area contributed by atoms with E-state index in [0.29, 0.717) is 35.8 Å². The molecule has 2 N–H and O–H groups in total. The second kappa shape index (κ2) is 13.1. The predicted octanol–water partition coefficient (Wildman–Crippen LogP) is 3.31. The van der Waals surface area contributed by atoms with E-state index >= 15 is 0 Å². The van der Waals surface area contributed by atoms with Crippen molar-refractivity contribution >= 4 is 29.2 Å². The molecule has 0 aromatic heterocycles. The molecule has 37 heavy (non-hydrogen) atoms. The number of hydrogen-bond donors (Lipinski definition) is 2. The molecule has 10 heteroatoms. The standard InChI is InChI=1S/C27H36N4O6/c1-18-14-31(25(32)17-35-4)19(2)16-37-23-12-11-21(29-27(34)28-20-9-7-6-8-10-20)13-22(23)26(33)30(3)15-24(18)36-5/h6-13,18-19,24H,14-17H2,1-5H3,(H2,28,29,34)/t18-,19-,24+/m0/s1. The maximum absolute atomic E-state index is 13.5. The fraction of sp³-hybridized carbons (Fsp3) is 0.444. The molecule has 1 heterocycles. The Hall–Kier alpha value is -3.63. The van der Waals surface area contributed by atoms with Gasteiger partial charge in [0.1, 0.15) is 19.0 Å². The maximum Gasteiger partial charge on any atom is 0.323 e. The van der Waals surface area contributed by atoms with Crippen molar-refractivity contribution < 1.29 is 28.6 Å². The lowest BCUT2D eigenvalue weighted by molar-refractivity contribution is -0.139. The first-order chi connectivity index (χ1) is 17.7. The molecule has 2 aromatic carbocycles. The van der Waals surface area contributed by atoms with E-state index in [1.54, 1.807) is 54.3 Å². The summed E-state index contributed by atoms with van der Waals surface area (Å²) in [5, 5.41) is 5.52. The molecule has 0 aliphatic carbocycles. The van der Waals surface area contributed by atoms with Gasteiger partial charge in [0.05, 0.1) is 17.7 Å². The summed E-state index contributed by atoms with van der Waals surface area (Å²) < 4.78 is 16.8. The van der Waals surface area contributed by atoms with Crippen LogP contribution in [0, 0.1) is 5.92 Å². The number of benzene rings is 2. The number of anilines is 2. The number of carbonyl (C=O) groups excluding carboxylic acids is 3. The molecule has 10 nitrogen and oxygen atoms in total. The Kier molecular flexibility index (Phi) is 9.87.